The van der Waals surface area contributed by atoms with E-state index in [1.165, 1.54) is 12.8 Å². The van der Waals surface area contributed by atoms with Crippen molar-refractivity contribution < 1.29 is 0 Å². The van der Waals surface area contributed by atoms with Crippen molar-refractivity contribution in [3.8, 4) is 0 Å². The molecular weight excluding hydrogens is 200 g/mol. The Hall–Kier alpha value is -1.64. The van der Waals surface area contributed by atoms with Crippen LogP contribution in [0.3, 0.4) is 0 Å². The van der Waals surface area contributed by atoms with Gasteiger partial charge >= 0.3 is 0 Å². The van der Waals surface area contributed by atoms with Crippen LogP contribution in [0.25, 0.3) is 10.9 Å². The minimum absolute atomic E-state index is 0.0534. The molecule has 2 aromatic rings. The first-order valence-electron chi connectivity index (χ1n) is 5.78. The van der Waals surface area contributed by atoms with Crippen molar-refractivity contribution in [3.63, 3.8) is 0 Å². The van der Waals surface area contributed by atoms with Gasteiger partial charge in [0.2, 0.25) is 0 Å². The lowest BCUT2D eigenvalue weighted by Crippen LogP contribution is -2.08. The van der Waals surface area contributed by atoms with Gasteiger partial charge < -0.3 is 4.98 Å². The molecule has 1 N–H and O–H groups in total. The van der Waals surface area contributed by atoms with E-state index in [0.717, 1.165) is 23.9 Å². The predicted octanol–water partition coefficient (Wildman–Crippen LogP) is 2.66. The molecule has 0 spiro atoms. The van der Waals surface area contributed by atoms with Crippen LogP contribution in [0.2, 0.25) is 0 Å². The van der Waals surface area contributed by atoms with Gasteiger partial charge in [0, 0.05) is 12.4 Å². The van der Waals surface area contributed by atoms with Crippen LogP contribution < -0.4 is 5.56 Å². The maximum absolute atomic E-state index is 11.6. The van der Waals surface area contributed by atoms with Gasteiger partial charge in [-0.05, 0) is 30.5 Å². The molecule has 0 amide bonds. The lowest BCUT2D eigenvalue weighted by atomic mass is 10.1. The molecule has 3 nitrogen and oxygen atoms in total. The van der Waals surface area contributed by atoms with Crippen molar-refractivity contribution in [2.75, 3.05) is 0 Å². The Labute approximate surface area is 94.5 Å². The van der Waals surface area contributed by atoms with Crippen molar-refractivity contribution in [1.82, 2.24) is 9.97 Å². The van der Waals surface area contributed by atoms with Crippen molar-refractivity contribution in [2.45, 2.75) is 32.6 Å². The number of aromatic amines is 1. The van der Waals surface area contributed by atoms with Crippen molar-refractivity contribution in [2.24, 2.45) is 0 Å². The van der Waals surface area contributed by atoms with Gasteiger partial charge in [-0.1, -0.05) is 19.8 Å². The Kier molecular flexibility index (Phi) is 3.34. The second-order valence-corrected chi connectivity index (χ2v) is 4.00. The fourth-order valence-corrected chi connectivity index (χ4v) is 1.90. The van der Waals surface area contributed by atoms with Gasteiger partial charge in [-0.3, -0.25) is 9.78 Å². The van der Waals surface area contributed by atoms with E-state index in [1.807, 2.05) is 6.07 Å². The Balaban J connectivity index is 2.38. The number of unbranched alkanes of at least 4 members (excludes halogenated alkanes) is 2. The van der Waals surface area contributed by atoms with E-state index in [9.17, 15) is 4.79 Å². The predicted molar refractivity (Wildman–Crippen MR) is 65.6 cm³/mol. The van der Waals surface area contributed by atoms with Gasteiger partial charge in [0.15, 0.2) is 0 Å². The monoisotopic (exact) mass is 216 g/mol. The van der Waals surface area contributed by atoms with E-state index in [4.69, 9.17) is 0 Å². The Bertz CT molecular complexity index is 531. The highest BCUT2D eigenvalue weighted by Crippen LogP contribution is 2.14. The van der Waals surface area contributed by atoms with Crippen LogP contribution in [0.4, 0.5) is 0 Å². The summed E-state index contributed by atoms with van der Waals surface area (Å²) in [6.45, 7) is 2.18. The average Bonchev–Trinajstić information content (AvgIpc) is 2.33. The zero-order valence-electron chi connectivity index (χ0n) is 9.49. The molecule has 0 saturated heterocycles. The molecule has 0 atom stereocenters. The van der Waals surface area contributed by atoms with Gasteiger partial charge in [-0.2, -0.15) is 0 Å². The zero-order valence-corrected chi connectivity index (χ0v) is 9.49. The lowest BCUT2D eigenvalue weighted by molar-refractivity contribution is 0.717. The van der Waals surface area contributed by atoms with E-state index >= 15 is 0 Å². The van der Waals surface area contributed by atoms with Crippen LogP contribution in [0.15, 0.2) is 29.3 Å². The van der Waals surface area contributed by atoms with Crippen LogP contribution in [-0.4, -0.2) is 9.97 Å². The third-order valence-electron chi connectivity index (χ3n) is 2.78. The van der Waals surface area contributed by atoms with E-state index < -0.39 is 0 Å². The number of nitrogens with one attached hydrogen (secondary N) is 1. The number of pyridine rings is 2. The van der Waals surface area contributed by atoms with Crippen LogP contribution >= 0.6 is 0 Å². The Morgan fingerprint density at radius 1 is 1.38 bits per heavy atom. The molecule has 0 aromatic carbocycles. The van der Waals surface area contributed by atoms with E-state index in [-0.39, 0.29) is 5.56 Å². The summed E-state index contributed by atoms with van der Waals surface area (Å²) in [6.07, 6.45) is 8.09. The number of nitrogens with zero attached hydrogens (tertiary/aromatic N) is 1. The topological polar surface area (TPSA) is 45.8 Å². The van der Waals surface area contributed by atoms with Crippen molar-refractivity contribution in [3.05, 3.63) is 40.4 Å². The Morgan fingerprint density at radius 3 is 3.06 bits per heavy atom. The highest BCUT2D eigenvalue weighted by molar-refractivity contribution is 5.80. The molecule has 0 saturated carbocycles. The summed E-state index contributed by atoms with van der Waals surface area (Å²) in [4.78, 5) is 18.6. The fourth-order valence-electron chi connectivity index (χ4n) is 1.90. The van der Waals surface area contributed by atoms with Crippen molar-refractivity contribution in [1.29, 1.82) is 0 Å². The third-order valence-corrected chi connectivity index (χ3v) is 2.78. The number of fused-ring (bicyclic) bond motifs is 1. The number of rotatable bonds is 4. The summed E-state index contributed by atoms with van der Waals surface area (Å²) in [5, 5.41) is 0.691. The lowest BCUT2D eigenvalue weighted by Gasteiger charge is -2.04. The smallest absolute Gasteiger partial charge is 0.257 e. The van der Waals surface area contributed by atoms with Crippen LogP contribution in [0, 0.1) is 0 Å². The SMILES string of the molecule is CCCCCc1c[nH]c(=O)c2cccnc12. The molecule has 0 aliphatic carbocycles. The second kappa shape index (κ2) is 4.92. The number of aromatic nitrogens is 2. The summed E-state index contributed by atoms with van der Waals surface area (Å²) >= 11 is 0. The number of aryl methyl sites for hydroxylation is 1. The molecule has 0 aliphatic heterocycles. The largest absolute Gasteiger partial charge is 0.328 e. The summed E-state index contributed by atoms with van der Waals surface area (Å²) in [6, 6.07) is 3.62. The number of hydrogen-bond acceptors (Lipinski definition) is 2. The maximum Gasteiger partial charge on any atom is 0.257 e. The first kappa shape index (κ1) is 10.9. The molecule has 0 bridgehead atoms. The summed E-state index contributed by atoms with van der Waals surface area (Å²) in [7, 11) is 0. The third kappa shape index (κ3) is 2.13. The fraction of sp³-hybridized carbons (Fsp3) is 0.385. The summed E-state index contributed by atoms with van der Waals surface area (Å²) in [5.74, 6) is 0. The second-order valence-electron chi connectivity index (χ2n) is 4.00. The zero-order chi connectivity index (χ0) is 11.4. The number of H-pyrrole nitrogens is 1. The average molecular weight is 216 g/mol. The van der Waals surface area contributed by atoms with Gasteiger partial charge in [0.25, 0.3) is 5.56 Å². The van der Waals surface area contributed by atoms with Gasteiger partial charge in [-0.15, -0.1) is 0 Å². The molecule has 16 heavy (non-hydrogen) atoms. The van der Waals surface area contributed by atoms with E-state index in [0.29, 0.717) is 5.39 Å². The molecule has 84 valence electrons. The normalized spacial score (nSPS) is 10.8. The first-order chi connectivity index (χ1) is 7.83. The Morgan fingerprint density at radius 2 is 2.25 bits per heavy atom. The molecular formula is C13H16N2O. The van der Waals surface area contributed by atoms with Crippen molar-refractivity contribution >= 4 is 10.9 Å². The van der Waals surface area contributed by atoms with E-state index in [2.05, 4.69) is 16.9 Å². The van der Waals surface area contributed by atoms with Gasteiger partial charge in [-0.25, -0.2) is 0 Å². The maximum atomic E-state index is 11.6. The minimum Gasteiger partial charge on any atom is -0.328 e. The van der Waals surface area contributed by atoms with Crippen LogP contribution in [-0.2, 0) is 6.42 Å². The molecule has 0 fully saturated rings. The molecule has 3 heteroatoms. The molecule has 0 unspecified atom stereocenters. The van der Waals surface area contributed by atoms with E-state index in [1.54, 1.807) is 18.5 Å². The molecule has 2 heterocycles. The van der Waals surface area contributed by atoms with Gasteiger partial charge in [0.1, 0.15) is 0 Å². The molecule has 2 aromatic heterocycles. The highest BCUT2D eigenvalue weighted by Gasteiger charge is 2.04. The molecule has 2 rings (SSSR count). The van der Waals surface area contributed by atoms with Gasteiger partial charge in [0.05, 0.1) is 10.9 Å². The van der Waals surface area contributed by atoms with Crippen LogP contribution in [0.5, 0.6) is 0 Å². The quantitative estimate of drug-likeness (QED) is 0.798. The summed E-state index contributed by atoms with van der Waals surface area (Å²) in [5.41, 5.74) is 1.94. The molecule has 0 aliphatic rings. The first-order valence-corrected chi connectivity index (χ1v) is 5.78. The van der Waals surface area contributed by atoms with Crippen LogP contribution in [0.1, 0.15) is 31.7 Å². The standard InChI is InChI=1S/C13H16N2O/c1-2-3-4-6-10-9-15-13(16)11-7-5-8-14-12(10)11/h5,7-9H,2-4,6H2,1H3,(H,15,16). The minimum atomic E-state index is -0.0534. The molecule has 0 radical (unpaired) electrons. The summed E-state index contributed by atoms with van der Waals surface area (Å²) < 4.78 is 0. The number of hydrogen-bond donors (Lipinski definition) is 1. The highest BCUT2D eigenvalue weighted by atomic mass is 16.1.